The third-order valence-electron chi connectivity index (χ3n) is 2.44. The van der Waals surface area contributed by atoms with Gasteiger partial charge in [-0.05, 0) is 11.6 Å². The van der Waals surface area contributed by atoms with E-state index in [2.05, 4.69) is 11.9 Å². The number of nitrogens with two attached hydrogens (primary N) is 2. The molecular formula is C13H17N3O3. The summed E-state index contributed by atoms with van der Waals surface area (Å²) in [6.07, 6.45) is -0.301. The van der Waals surface area contributed by atoms with Gasteiger partial charge in [0.1, 0.15) is 0 Å². The summed E-state index contributed by atoms with van der Waals surface area (Å²) >= 11 is 0. The van der Waals surface area contributed by atoms with E-state index in [0.29, 0.717) is 5.69 Å². The molecule has 0 saturated heterocycles. The maximum atomic E-state index is 11.8. The number of carbonyl (C=O) groups is 2. The Balaban J connectivity index is 2.59. The highest BCUT2D eigenvalue weighted by atomic mass is 16.6. The van der Waals surface area contributed by atoms with E-state index < -0.39 is 18.1 Å². The number of hydrogen-bond acceptors (Lipinski definition) is 4. The minimum Gasteiger partial charge on any atom is -0.436 e. The summed E-state index contributed by atoms with van der Waals surface area (Å²) in [7, 11) is 0. The van der Waals surface area contributed by atoms with Crippen LogP contribution in [0.3, 0.4) is 0 Å². The van der Waals surface area contributed by atoms with Gasteiger partial charge in [0.05, 0.1) is 0 Å². The molecule has 0 aliphatic heterocycles. The minimum absolute atomic E-state index is 0.193. The molecule has 0 fully saturated rings. The van der Waals surface area contributed by atoms with Crippen molar-refractivity contribution in [1.82, 2.24) is 5.32 Å². The molecule has 1 rings (SSSR count). The van der Waals surface area contributed by atoms with E-state index in [1.807, 2.05) is 6.07 Å². The normalized spacial score (nSPS) is 11.4. The summed E-state index contributed by atoms with van der Waals surface area (Å²) in [5.41, 5.74) is 12.0. The molecule has 1 aromatic rings. The van der Waals surface area contributed by atoms with Gasteiger partial charge in [0.15, 0.2) is 6.10 Å². The Labute approximate surface area is 111 Å². The van der Waals surface area contributed by atoms with Gasteiger partial charge in [-0.3, -0.25) is 4.79 Å². The molecule has 0 radical (unpaired) electrons. The fourth-order valence-electron chi connectivity index (χ4n) is 1.49. The number of amides is 2. The third kappa shape index (κ3) is 4.71. The second-order valence-corrected chi connectivity index (χ2v) is 3.87. The monoisotopic (exact) mass is 263 g/mol. The Morgan fingerprint density at radius 1 is 1.42 bits per heavy atom. The Hall–Kier alpha value is -2.50. The van der Waals surface area contributed by atoms with Gasteiger partial charge < -0.3 is 21.5 Å². The van der Waals surface area contributed by atoms with Crippen molar-refractivity contribution in [3.05, 3.63) is 42.5 Å². The maximum Gasteiger partial charge on any atom is 0.405 e. The van der Waals surface area contributed by atoms with Gasteiger partial charge in [0.2, 0.25) is 0 Å². The fourth-order valence-corrected chi connectivity index (χ4v) is 1.49. The molecule has 0 heterocycles. The van der Waals surface area contributed by atoms with Crippen molar-refractivity contribution in [2.45, 2.75) is 19.1 Å². The molecule has 19 heavy (non-hydrogen) atoms. The summed E-state index contributed by atoms with van der Waals surface area (Å²) in [6, 6.07) is 7.16. The highest BCUT2D eigenvalue weighted by Crippen LogP contribution is 2.10. The molecule has 6 nitrogen and oxygen atoms in total. The van der Waals surface area contributed by atoms with Crippen LogP contribution in [0, 0.1) is 0 Å². The van der Waals surface area contributed by atoms with Crippen LogP contribution in [-0.2, 0) is 16.1 Å². The first kappa shape index (κ1) is 14.6. The summed E-state index contributed by atoms with van der Waals surface area (Å²) in [4.78, 5) is 22.5. The van der Waals surface area contributed by atoms with E-state index in [9.17, 15) is 9.59 Å². The average molecular weight is 263 g/mol. The van der Waals surface area contributed by atoms with Gasteiger partial charge >= 0.3 is 6.09 Å². The highest BCUT2D eigenvalue weighted by molar-refractivity contribution is 5.83. The van der Waals surface area contributed by atoms with Crippen LogP contribution in [0.1, 0.15) is 12.0 Å². The third-order valence-corrected chi connectivity index (χ3v) is 2.44. The number of anilines is 1. The maximum absolute atomic E-state index is 11.8. The van der Waals surface area contributed by atoms with Gasteiger partial charge in [0, 0.05) is 18.7 Å². The Kier molecular flexibility index (Phi) is 5.40. The quantitative estimate of drug-likeness (QED) is 0.524. The predicted octanol–water partition coefficient (Wildman–Crippen LogP) is 0.925. The van der Waals surface area contributed by atoms with Crippen molar-refractivity contribution >= 4 is 17.7 Å². The number of nitrogens with one attached hydrogen (secondary N) is 1. The second-order valence-electron chi connectivity index (χ2n) is 3.87. The van der Waals surface area contributed by atoms with Crippen molar-refractivity contribution in [3.63, 3.8) is 0 Å². The SMILES string of the molecule is C=CC[C@H](OC(N)=O)C(=O)NCc1ccccc1N. The van der Waals surface area contributed by atoms with Gasteiger partial charge in [-0.25, -0.2) is 4.79 Å². The first-order valence-corrected chi connectivity index (χ1v) is 5.72. The molecule has 5 N–H and O–H groups in total. The van der Waals surface area contributed by atoms with Crippen molar-refractivity contribution < 1.29 is 14.3 Å². The highest BCUT2D eigenvalue weighted by Gasteiger charge is 2.20. The summed E-state index contributed by atoms with van der Waals surface area (Å²) in [6.45, 7) is 3.74. The lowest BCUT2D eigenvalue weighted by atomic mass is 10.1. The van der Waals surface area contributed by atoms with Crippen molar-refractivity contribution in [3.8, 4) is 0 Å². The number of carbonyl (C=O) groups excluding carboxylic acids is 2. The molecule has 102 valence electrons. The van der Waals surface area contributed by atoms with Crippen LogP contribution in [-0.4, -0.2) is 18.1 Å². The molecule has 2 amide bonds. The molecule has 0 aromatic heterocycles. The largest absolute Gasteiger partial charge is 0.436 e. The lowest BCUT2D eigenvalue weighted by Crippen LogP contribution is -2.38. The predicted molar refractivity (Wildman–Crippen MR) is 72.0 cm³/mol. The average Bonchev–Trinajstić information content (AvgIpc) is 2.36. The lowest BCUT2D eigenvalue weighted by molar-refractivity contribution is -0.129. The van der Waals surface area contributed by atoms with Crippen LogP contribution in [0.4, 0.5) is 10.5 Å². The van der Waals surface area contributed by atoms with Crippen LogP contribution in [0.15, 0.2) is 36.9 Å². The first-order valence-electron chi connectivity index (χ1n) is 5.72. The minimum atomic E-state index is -0.999. The summed E-state index contributed by atoms with van der Waals surface area (Å²) in [5.74, 6) is -0.443. The van der Waals surface area contributed by atoms with E-state index in [4.69, 9.17) is 16.2 Å². The number of nitrogen functional groups attached to an aromatic ring is 1. The zero-order valence-corrected chi connectivity index (χ0v) is 10.5. The topological polar surface area (TPSA) is 107 Å². The van der Waals surface area contributed by atoms with Crippen molar-refractivity contribution in [2.75, 3.05) is 5.73 Å². The van der Waals surface area contributed by atoms with E-state index >= 15 is 0 Å². The summed E-state index contributed by atoms with van der Waals surface area (Å²) in [5, 5.41) is 2.63. The van der Waals surface area contributed by atoms with E-state index in [0.717, 1.165) is 5.56 Å². The van der Waals surface area contributed by atoms with Gasteiger partial charge in [-0.2, -0.15) is 0 Å². The van der Waals surface area contributed by atoms with Crippen molar-refractivity contribution in [1.29, 1.82) is 0 Å². The Morgan fingerprint density at radius 2 is 2.11 bits per heavy atom. The van der Waals surface area contributed by atoms with E-state index in [1.54, 1.807) is 18.2 Å². The Morgan fingerprint density at radius 3 is 2.68 bits per heavy atom. The van der Waals surface area contributed by atoms with Crippen LogP contribution in [0.25, 0.3) is 0 Å². The second kappa shape index (κ2) is 7.05. The molecule has 0 unspecified atom stereocenters. The van der Waals surface area contributed by atoms with Crippen molar-refractivity contribution in [2.24, 2.45) is 5.73 Å². The van der Waals surface area contributed by atoms with E-state index in [-0.39, 0.29) is 13.0 Å². The molecule has 0 aliphatic carbocycles. The molecule has 1 atom stereocenters. The van der Waals surface area contributed by atoms with Gasteiger partial charge in [-0.1, -0.05) is 24.3 Å². The zero-order valence-electron chi connectivity index (χ0n) is 10.5. The van der Waals surface area contributed by atoms with Crippen LogP contribution in [0.2, 0.25) is 0 Å². The fraction of sp³-hybridized carbons (Fsp3) is 0.231. The molecule has 6 heteroatoms. The standard InChI is InChI=1S/C13H17N3O3/c1-2-5-11(19-13(15)18)12(17)16-8-9-6-3-4-7-10(9)14/h2-4,6-7,11H,1,5,8,14H2,(H2,15,18)(H,16,17)/t11-/m0/s1. The number of rotatable bonds is 6. The van der Waals surface area contributed by atoms with Crippen LogP contribution in [0.5, 0.6) is 0 Å². The lowest BCUT2D eigenvalue weighted by Gasteiger charge is -2.15. The van der Waals surface area contributed by atoms with Crippen LogP contribution >= 0.6 is 0 Å². The molecule has 1 aromatic carbocycles. The Bertz CT molecular complexity index is 474. The molecule has 0 bridgehead atoms. The number of benzene rings is 1. The molecular weight excluding hydrogens is 246 g/mol. The zero-order chi connectivity index (χ0) is 14.3. The van der Waals surface area contributed by atoms with Gasteiger partial charge in [0.25, 0.3) is 5.91 Å². The molecule has 0 spiro atoms. The summed E-state index contributed by atoms with van der Waals surface area (Å²) < 4.78 is 4.70. The molecule has 0 aliphatic rings. The van der Waals surface area contributed by atoms with Gasteiger partial charge in [-0.15, -0.1) is 6.58 Å². The smallest absolute Gasteiger partial charge is 0.405 e. The first-order chi connectivity index (χ1) is 9.04. The molecule has 0 saturated carbocycles. The number of primary amides is 1. The number of para-hydroxylation sites is 1. The van der Waals surface area contributed by atoms with E-state index in [1.165, 1.54) is 6.08 Å². The number of hydrogen-bond donors (Lipinski definition) is 3. The number of ether oxygens (including phenoxy) is 1. The van der Waals surface area contributed by atoms with Crippen LogP contribution < -0.4 is 16.8 Å².